The third-order valence-corrected chi connectivity index (χ3v) is 6.50. The van der Waals surface area contributed by atoms with E-state index < -0.39 is 0 Å². The molecular weight excluding hydrogens is 517 g/mol. The van der Waals surface area contributed by atoms with Gasteiger partial charge in [0.1, 0.15) is 10.8 Å². The topological polar surface area (TPSA) is 116 Å². The lowest BCUT2D eigenvalue weighted by atomic mass is 10.0. The number of nitrogens with zero attached hydrogens (tertiary/aromatic N) is 3. The second-order valence-corrected chi connectivity index (χ2v) is 8.93. The molecule has 0 bridgehead atoms. The smallest absolute Gasteiger partial charge is 0.139 e. The van der Waals surface area contributed by atoms with Crippen LogP contribution in [0.4, 0.5) is 16.4 Å². The van der Waals surface area contributed by atoms with E-state index in [9.17, 15) is 0 Å². The monoisotopic (exact) mass is 547 g/mol. The maximum atomic E-state index is 5.12. The van der Waals surface area contributed by atoms with Gasteiger partial charge in [0.25, 0.3) is 0 Å². The fourth-order valence-corrected chi connectivity index (χ4v) is 5.01. The zero-order valence-corrected chi connectivity index (χ0v) is 22.0. The number of fused-ring (bicyclic) bond motifs is 2. The lowest BCUT2D eigenvalue weighted by Crippen LogP contribution is -2.52. The van der Waals surface area contributed by atoms with Crippen LogP contribution in [0, 0.1) is 6.92 Å². The van der Waals surface area contributed by atoms with Gasteiger partial charge >= 0.3 is 0 Å². The summed E-state index contributed by atoms with van der Waals surface area (Å²) >= 11 is 1.80. The van der Waals surface area contributed by atoms with Crippen molar-refractivity contribution in [2.45, 2.75) is 25.8 Å². The number of hydrogen-bond donors (Lipinski definition) is 2. The summed E-state index contributed by atoms with van der Waals surface area (Å²) in [7, 11) is 0. The number of pyridine rings is 1. The molecule has 188 valence electrons. The van der Waals surface area contributed by atoms with Crippen LogP contribution >= 0.6 is 48.6 Å². The van der Waals surface area contributed by atoms with Crippen molar-refractivity contribution in [1.29, 1.82) is 0 Å². The van der Waals surface area contributed by atoms with Crippen LogP contribution in [0.25, 0.3) is 0 Å². The molecule has 1 atom stereocenters. The summed E-state index contributed by atoms with van der Waals surface area (Å²) in [6, 6.07) is 15.2. The van der Waals surface area contributed by atoms with E-state index >= 15 is 0 Å². The molecule has 1 saturated heterocycles. The Balaban J connectivity index is 0.00000218. The van der Waals surface area contributed by atoms with E-state index in [1.807, 2.05) is 18.5 Å². The Labute approximate surface area is 222 Å². The minimum atomic E-state index is 0. The zero-order valence-electron chi connectivity index (χ0n) is 18.8. The van der Waals surface area contributed by atoms with Crippen molar-refractivity contribution in [3.05, 3.63) is 70.9 Å². The number of benzene rings is 1. The SMILES string of the molecule is Cc1cc2c(s1)Nc1ccccc1N=C2N1CCN[C@@H](CCc2cccnc2)C1.Cl.Cl.Cl.O.O. The molecule has 7 nitrogen and oxygen atoms in total. The van der Waals surface area contributed by atoms with Crippen molar-refractivity contribution in [2.75, 3.05) is 25.0 Å². The van der Waals surface area contributed by atoms with E-state index in [4.69, 9.17) is 4.99 Å². The molecule has 1 fully saturated rings. The average molecular weight is 549 g/mol. The summed E-state index contributed by atoms with van der Waals surface area (Å²) in [5, 5.41) is 8.49. The van der Waals surface area contributed by atoms with E-state index in [-0.39, 0.29) is 48.2 Å². The van der Waals surface area contributed by atoms with Gasteiger partial charge in [-0.3, -0.25) is 4.98 Å². The maximum absolute atomic E-state index is 5.12. The van der Waals surface area contributed by atoms with Crippen molar-refractivity contribution in [3.8, 4) is 0 Å². The van der Waals surface area contributed by atoms with Gasteiger partial charge in [0.05, 0.1) is 16.9 Å². The molecule has 4 heterocycles. The van der Waals surface area contributed by atoms with Gasteiger partial charge in [-0.05, 0) is 49.6 Å². The molecule has 0 spiro atoms. The number of piperazine rings is 1. The predicted octanol–water partition coefficient (Wildman–Crippen LogP) is 4.11. The Bertz CT molecular complexity index is 1050. The zero-order chi connectivity index (χ0) is 19.6. The Kier molecular flexibility index (Phi) is 13.7. The molecule has 5 rings (SSSR count). The standard InChI is InChI=1S/C23H25N5S.3ClH.2H2O/c1-16-13-19-22(26-20-6-2-3-7-21(20)27-23(19)29-16)28-12-11-25-18(15-28)9-8-17-5-4-10-24-14-17;;;;;/h2-7,10,13-14,18,25,27H,8-9,11-12,15H2,1H3;3*1H;2*1H2/t18-;;;;;/m0...../s1. The number of aromatic nitrogens is 1. The summed E-state index contributed by atoms with van der Waals surface area (Å²) in [5.74, 6) is 1.09. The average Bonchev–Trinajstić information content (AvgIpc) is 3.04. The van der Waals surface area contributed by atoms with Gasteiger partial charge < -0.3 is 26.5 Å². The van der Waals surface area contributed by atoms with Crippen molar-refractivity contribution in [1.82, 2.24) is 15.2 Å². The first-order valence-electron chi connectivity index (χ1n) is 10.2. The largest absolute Gasteiger partial charge is 0.412 e. The first-order valence-corrected chi connectivity index (χ1v) is 11.0. The summed E-state index contributed by atoms with van der Waals surface area (Å²) < 4.78 is 0. The number of para-hydroxylation sites is 2. The molecule has 0 amide bonds. The Morgan fingerprint density at radius 1 is 1.09 bits per heavy atom. The van der Waals surface area contributed by atoms with Crippen molar-refractivity contribution in [2.24, 2.45) is 4.99 Å². The minimum Gasteiger partial charge on any atom is -0.412 e. The van der Waals surface area contributed by atoms with Crippen LogP contribution in [0.2, 0.25) is 0 Å². The van der Waals surface area contributed by atoms with Crippen LogP contribution in [-0.4, -0.2) is 52.3 Å². The number of aryl methyl sites for hydroxylation is 2. The van der Waals surface area contributed by atoms with E-state index in [1.165, 1.54) is 21.0 Å². The van der Waals surface area contributed by atoms with E-state index in [0.717, 1.165) is 49.7 Å². The molecule has 2 aliphatic heterocycles. The van der Waals surface area contributed by atoms with Gasteiger partial charge in [0.15, 0.2) is 0 Å². The number of hydrogen-bond acceptors (Lipinski definition) is 6. The van der Waals surface area contributed by atoms with Gasteiger partial charge in [-0.15, -0.1) is 48.6 Å². The van der Waals surface area contributed by atoms with Gasteiger partial charge in [0, 0.05) is 42.9 Å². The summed E-state index contributed by atoms with van der Waals surface area (Å²) in [6.45, 7) is 5.08. The van der Waals surface area contributed by atoms with Crippen LogP contribution in [0.15, 0.2) is 59.9 Å². The number of anilines is 2. The minimum absolute atomic E-state index is 0. The van der Waals surface area contributed by atoms with E-state index in [1.54, 1.807) is 11.3 Å². The maximum Gasteiger partial charge on any atom is 0.139 e. The second-order valence-electron chi connectivity index (χ2n) is 7.67. The molecule has 0 aliphatic carbocycles. The normalized spacial score (nSPS) is 15.6. The molecule has 0 saturated carbocycles. The van der Waals surface area contributed by atoms with E-state index in [2.05, 4.69) is 63.8 Å². The third-order valence-electron chi connectivity index (χ3n) is 5.53. The van der Waals surface area contributed by atoms with Crippen LogP contribution < -0.4 is 10.6 Å². The van der Waals surface area contributed by atoms with Crippen molar-refractivity contribution < 1.29 is 11.0 Å². The highest BCUT2D eigenvalue weighted by atomic mass is 35.5. The molecule has 3 aromatic rings. The molecule has 2 aliphatic rings. The van der Waals surface area contributed by atoms with Crippen LogP contribution in [-0.2, 0) is 6.42 Å². The van der Waals surface area contributed by atoms with Crippen molar-refractivity contribution >= 4 is 70.8 Å². The predicted molar refractivity (Wildman–Crippen MR) is 150 cm³/mol. The fraction of sp³-hybridized carbons (Fsp3) is 0.304. The molecule has 2 aromatic heterocycles. The number of halogens is 3. The molecule has 0 unspecified atom stereocenters. The second kappa shape index (κ2) is 14.5. The molecule has 0 radical (unpaired) electrons. The van der Waals surface area contributed by atoms with Crippen LogP contribution in [0.3, 0.4) is 0 Å². The molecule has 6 N–H and O–H groups in total. The number of rotatable bonds is 3. The number of aliphatic imine (C=N–C) groups is 1. The van der Waals surface area contributed by atoms with Gasteiger partial charge in [-0.1, -0.05) is 18.2 Å². The van der Waals surface area contributed by atoms with Gasteiger partial charge in [0.2, 0.25) is 0 Å². The number of nitrogens with one attached hydrogen (secondary N) is 2. The summed E-state index contributed by atoms with van der Waals surface area (Å²) in [4.78, 5) is 13.1. The van der Waals surface area contributed by atoms with Gasteiger partial charge in [-0.25, -0.2) is 4.99 Å². The molecule has 1 aromatic carbocycles. The Morgan fingerprint density at radius 2 is 1.88 bits per heavy atom. The molecule has 11 heteroatoms. The molecular formula is C23H32Cl3N5O2S. The van der Waals surface area contributed by atoms with Crippen LogP contribution in [0.1, 0.15) is 22.4 Å². The number of amidine groups is 1. The highest BCUT2D eigenvalue weighted by Gasteiger charge is 2.27. The first-order chi connectivity index (χ1) is 14.3. The summed E-state index contributed by atoms with van der Waals surface area (Å²) in [6.07, 6.45) is 5.94. The van der Waals surface area contributed by atoms with Crippen LogP contribution in [0.5, 0.6) is 0 Å². The highest BCUT2D eigenvalue weighted by molar-refractivity contribution is 7.16. The first kappa shape index (κ1) is 32.1. The van der Waals surface area contributed by atoms with E-state index in [0.29, 0.717) is 6.04 Å². The molecule has 34 heavy (non-hydrogen) atoms. The highest BCUT2D eigenvalue weighted by Crippen LogP contribution is 2.39. The fourth-order valence-electron chi connectivity index (χ4n) is 4.09. The lowest BCUT2D eigenvalue weighted by molar-refractivity contribution is 0.282. The number of thiophene rings is 1. The lowest BCUT2D eigenvalue weighted by Gasteiger charge is -2.35. The summed E-state index contributed by atoms with van der Waals surface area (Å²) in [5.41, 5.74) is 4.60. The Hall–Kier alpha value is -1.91. The Morgan fingerprint density at radius 3 is 2.65 bits per heavy atom. The third kappa shape index (κ3) is 7.05. The van der Waals surface area contributed by atoms with Crippen molar-refractivity contribution in [3.63, 3.8) is 0 Å². The van der Waals surface area contributed by atoms with Gasteiger partial charge in [-0.2, -0.15) is 0 Å². The quantitative estimate of drug-likeness (QED) is 0.512.